The van der Waals surface area contributed by atoms with Gasteiger partial charge in [-0.15, -0.1) is 11.3 Å². The van der Waals surface area contributed by atoms with Crippen molar-refractivity contribution in [3.63, 3.8) is 0 Å². The van der Waals surface area contributed by atoms with Crippen molar-refractivity contribution in [2.75, 3.05) is 20.1 Å². The number of rotatable bonds is 7. The summed E-state index contributed by atoms with van der Waals surface area (Å²) in [6.07, 6.45) is 4.22. The summed E-state index contributed by atoms with van der Waals surface area (Å²) >= 11 is 1.73. The second kappa shape index (κ2) is 9.32. The van der Waals surface area contributed by atoms with Crippen molar-refractivity contribution in [3.8, 4) is 0 Å². The second-order valence-corrected chi connectivity index (χ2v) is 6.44. The number of hydrogen-bond acceptors (Lipinski definition) is 3. The van der Waals surface area contributed by atoms with Crippen LogP contribution >= 0.6 is 11.3 Å². The first-order valence-electron chi connectivity index (χ1n) is 7.94. The minimum Gasteiger partial charge on any atom is -0.356 e. The molecule has 1 aromatic heterocycles. The van der Waals surface area contributed by atoms with E-state index in [0.717, 1.165) is 30.5 Å². The Morgan fingerprint density at radius 1 is 1.21 bits per heavy atom. The maximum Gasteiger partial charge on any atom is 0.191 e. The molecule has 0 unspecified atom stereocenters. The number of nitrogens with zero attached hydrogens (tertiary/aromatic N) is 2. The van der Waals surface area contributed by atoms with Gasteiger partial charge < -0.3 is 10.6 Å². The molecule has 1 aromatic carbocycles. The van der Waals surface area contributed by atoms with E-state index < -0.39 is 11.6 Å². The molecule has 2 aromatic rings. The zero-order valence-electron chi connectivity index (χ0n) is 13.9. The Morgan fingerprint density at radius 2 is 1.96 bits per heavy atom. The van der Waals surface area contributed by atoms with Crippen molar-refractivity contribution in [1.82, 2.24) is 15.6 Å². The summed E-state index contributed by atoms with van der Waals surface area (Å²) < 4.78 is 26.4. The molecule has 7 heteroatoms. The van der Waals surface area contributed by atoms with Crippen molar-refractivity contribution in [3.05, 3.63) is 51.5 Å². The normalized spacial score (nSPS) is 11.6. The topological polar surface area (TPSA) is 49.3 Å². The van der Waals surface area contributed by atoms with Crippen LogP contribution in [0.25, 0.3) is 0 Å². The zero-order valence-corrected chi connectivity index (χ0v) is 14.7. The molecule has 0 saturated carbocycles. The monoisotopic (exact) mass is 352 g/mol. The van der Waals surface area contributed by atoms with E-state index in [1.807, 2.05) is 6.20 Å². The van der Waals surface area contributed by atoms with Crippen LogP contribution in [0, 0.1) is 11.6 Å². The molecule has 0 aliphatic heterocycles. The molecule has 2 rings (SSSR count). The highest BCUT2D eigenvalue weighted by molar-refractivity contribution is 7.11. The number of halogens is 2. The highest BCUT2D eigenvalue weighted by Gasteiger charge is 2.05. The quantitative estimate of drug-likeness (QED) is 0.595. The van der Waals surface area contributed by atoms with E-state index >= 15 is 0 Å². The smallest absolute Gasteiger partial charge is 0.191 e. The van der Waals surface area contributed by atoms with Gasteiger partial charge in [0.15, 0.2) is 5.96 Å². The standard InChI is InChI=1S/C17H22F2N4S/c1-3-14-11-23-16(24-14)7-9-22-17(20-2)21-8-6-12-4-5-13(18)10-15(12)19/h4-5,10-11H,3,6-9H2,1-2H3,(H2,20,21,22). The summed E-state index contributed by atoms with van der Waals surface area (Å²) in [6.45, 7) is 3.35. The third-order valence-electron chi connectivity index (χ3n) is 3.51. The minimum atomic E-state index is -0.560. The van der Waals surface area contributed by atoms with Gasteiger partial charge in [-0.05, 0) is 24.5 Å². The van der Waals surface area contributed by atoms with Gasteiger partial charge in [0.1, 0.15) is 11.6 Å². The molecule has 0 radical (unpaired) electrons. The lowest BCUT2D eigenvalue weighted by Crippen LogP contribution is -2.39. The van der Waals surface area contributed by atoms with Gasteiger partial charge in [-0.3, -0.25) is 4.99 Å². The molecule has 0 aliphatic rings. The Balaban J connectivity index is 1.72. The first-order valence-corrected chi connectivity index (χ1v) is 8.76. The number of benzene rings is 1. The van der Waals surface area contributed by atoms with Gasteiger partial charge in [0.2, 0.25) is 0 Å². The third-order valence-corrected chi connectivity index (χ3v) is 4.71. The van der Waals surface area contributed by atoms with Crippen LogP contribution in [0.1, 0.15) is 22.4 Å². The lowest BCUT2D eigenvalue weighted by Gasteiger charge is -2.11. The van der Waals surface area contributed by atoms with E-state index in [1.54, 1.807) is 18.4 Å². The van der Waals surface area contributed by atoms with Gasteiger partial charge in [0.25, 0.3) is 0 Å². The maximum absolute atomic E-state index is 13.6. The Morgan fingerprint density at radius 3 is 2.58 bits per heavy atom. The van der Waals surface area contributed by atoms with E-state index in [9.17, 15) is 8.78 Å². The van der Waals surface area contributed by atoms with E-state index in [-0.39, 0.29) is 0 Å². The zero-order chi connectivity index (χ0) is 17.4. The Hall–Kier alpha value is -2.02. The fraction of sp³-hybridized carbons (Fsp3) is 0.412. The summed E-state index contributed by atoms with van der Waals surface area (Å²) in [5.41, 5.74) is 0.481. The van der Waals surface area contributed by atoms with Crippen molar-refractivity contribution in [2.45, 2.75) is 26.2 Å². The second-order valence-electron chi connectivity index (χ2n) is 5.24. The molecule has 24 heavy (non-hydrogen) atoms. The molecule has 0 spiro atoms. The Labute approximate surface area is 145 Å². The maximum atomic E-state index is 13.6. The van der Waals surface area contributed by atoms with E-state index in [1.165, 1.54) is 17.0 Å². The summed E-state index contributed by atoms with van der Waals surface area (Å²) in [5, 5.41) is 7.43. The minimum absolute atomic E-state index is 0.457. The van der Waals surface area contributed by atoms with Gasteiger partial charge in [0, 0.05) is 43.7 Å². The van der Waals surface area contributed by atoms with E-state index in [0.29, 0.717) is 24.5 Å². The molecule has 0 bridgehead atoms. The molecule has 0 saturated heterocycles. The molecule has 1 heterocycles. The number of guanidine groups is 1. The number of nitrogens with one attached hydrogen (secondary N) is 2. The first-order chi connectivity index (χ1) is 11.6. The Kier molecular flexibility index (Phi) is 7.11. The summed E-state index contributed by atoms with van der Waals surface area (Å²) in [5.74, 6) is -0.421. The van der Waals surface area contributed by atoms with E-state index in [4.69, 9.17) is 0 Å². The molecule has 0 fully saturated rings. The molecule has 130 valence electrons. The van der Waals surface area contributed by atoms with Crippen molar-refractivity contribution < 1.29 is 8.78 Å². The number of thiazole rings is 1. The SMILES string of the molecule is CCc1cnc(CCNC(=NC)NCCc2ccc(F)cc2F)s1. The fourth-order valence-electron chi connectivity index (χ4n) is 2.18. The predicted molar refractivity (Wildman–Crippen MR) is 94.6 cm³/mol. The van der Waals surface area contributed by atoms with Gasteiger partial charge in [-0.1, -0.05) is 13.0 Å². The predicted octanol–water partition coefficient (Wildman–Crippen LogP) is 2.93. The molecule has 0 atom stereocenters. The van der Waals surface area contributed by atoms with Crippen molar-refractivity contribution in [1.29, 1.82) is 0 Å². The highest BCUT2D eigenvalue weighted by atomic mass is 32.1. The number of aryl methyl sites for hydroxylation is 1. The lowest BCUT2D eigenvalue weighted by atomic mass is 10.1. The fourth-order valence-corrected chi connectivity index (χ4v) is 3.04. The van der Waals surface area contributed by atoms with Crippen LogP contribution in [-0.2, 0) is 19.3 Å². The summed E-state index contributed by atoms with van der Waals surface area (Å²) in [4.78, 5) is 9.79. The van der Waals surface area contributed by atoms with Gasteiger partial charge in [-0.25, -0.2) is 13.8 Å². The van der Waals surface area contributed by atoms with Crippen LogP contribution in [0.5, 0.6) is 0 Å². The van der Waals surface area contributed by atoms with Crippen LogP contribution in [0.15, 0.2) is 29.4 Å². The first kappa shape index (κ1) is 18.3. The van der Waals surface area contributed by atoms with Gasteiger partial charge in [-0.2, -0.15) is 0 Å². The highest BCUT2D eigenvalue weighted by Crippen LogP contribution is 2.13. The average molecular weight is 352 g/mol. The molecular formula is C17H22F2N4S. The molecule has 0 amide bonds. The van der Waals surface area contributed by atoms with Crippen molar-refractivity contribution in [2.24, 2.45) is 4.99 Å². The Bertz CT molecular complexity index is 685. The number of hydrogen-bond donors (Lipinski definition) is 2. The van der Waals surface area contributed by atoms with E-state index in [2.05, 4.69) is 27.5 Å². The molecular weight excluding hydrogens is 330 g/mol. The number of aliphatic imine (C=N–C) groups is 1. The molecule has 2 N–H and O–H groups in total. The van der Waals surface area contributed by atoms with Gasteiger partial charge >= 0.3 is 0 Å². The van der Waals surface area contributed by atoms with Crippen LogP contribution in [-0.4, -0.2) is 31.1 Å². The molecule has 0 aliphatic carbocycles. The summed E-state index contributed by atoms with van der Waals surface area (Å²) in [7, 11) is 1.69. The number of aromatic nitrogens is 1. The van der Waals surface area contributed by atoms with Crippen LogP contribution in [0.2, 0.25) is 0 Å². The van der Waals surface area contributed by atoms with Crippen LogP contribution in [0.4, 0.5) is 8.78 Å². The lowest BCUT2D eigenvalue weighted by molar-refractivity contribution is 0.570. The third kappa shape index (κ3) is 5.56. The van der Waals surface area contributed by atoms with Crippen LogP contribution in [0.3, 0.4) is 0 Å². The summed E-state index contributed by atoms with van der Waals surface area (Å²) in [6, 6.07) is 3.64. The molecule has 4 nitrogen and oxygen atoms in total. The van der Waals surface area contributed by atoms with Gasteiger partial charge in [0.05, 0.1) is 5.01 Å². The largest absolute Gasteiger partial charge is 0.356 e. The van der Waals surface area contributed by atoms with Crippen LogP contribution < -0.4 is 10.6 Å². The average Bonchev–Trinajstić information content (AvgIpc) is 3.03. The van der Waals surface area contributed by atoms with Crippen molar-refractivity contribution >= 4 is 17.3 Å².